The minimum absolute atomic E-state index is 0.0109. The molecule has 0 radical (unpaired) electrons. The summed E-state index contributed by atoms with van der Waals surface area (Å²) < 4.78 is 0. The molecule has 124 valence electrons. The van der Waals surface area contributed by atoms with E-state index in [0.717, 1.165) is 45.4 Å². The molecule has 0 saturated heterocycles. The van der Waals surface area contributed by atoms with Gasteiger partial charge in [0.25, 0.3) is 0 Å². The summed E-state index contributed by atoms with van der Waals surface area (Å²) in [5.41, 5.74) is 0. The van der Waals surface area contributed by atoms with Crippen LogP contribution in [0.5, 0.6) is 0 Å². The third-order valence-corrected chi connectivity index (χ3v) is 3.56. The topological polar surface area (TPSA) is 52.6 Å². The summed E-state index contributed by atoms with van der Waals surface area (Å²) in [6.07, 6.45) is 11.4. The third kappa shape index (κ3) is 13.9. The molecule has 0 aliphatic heterocycles. The number of nitrogens with zero attached hydrogens (tertiary/aromatic N) is 1. The van der Waals surface area contributed by atoms with E-state index >= 15 is 0 Å². The van der Waals surface area contributed by atoms with Crippen LogP contribution in [0, 0.1) is 0 Å². The smallest absolute Gasteiger partial charge is 0.243 e. The number of hydrogen-bond donors (Lipinski definition) is 2. The van der Waals surface area contributed by atoms with Crippen molar-refractivity contribution in [1.82, 2.24) is 10.2 Å². The molecule has 0 spiro atoms. The number of aliphatic hydroxyl groups excluding tert-OH is 1. The van der Waals surface area contributed by atoms with Crippen molar-refractivity contribution in [2.24, 2.45) is 0 Å². The van der Waals surface area contributed by atoms with E-state index in [0.29, 0.717) is 6.61 Å². The predicted octanol–water partition coefficient (Wildman–Crippen LogP) is 2.72. The van der Waals surface area contributed by atoms with E-state index in [1.807, 2.05) is 13.0 Å². The lowest BCUT2D eigenvalue weighted by molar-refractivity contribution is -0.116. The quantitative estimate of drug-likeness (QED) is 0.383. The highest BCUT2D eigenvalue weighted by molar-refractivity contribution is 5.87. The van der Waals surface area contributed by atoms with Gasteiger partial charge in [-0.1, -0.05) is 45.6 Å². The van der Waals surface area contributed by atoms with Gasteiger partial charge >= 0.3 is 0 Å². The zero-order chi connectivity index (χ0) is 15.8. The first-order chi connectivity index (χ1) is 10.2. The number of allylic oxidation sites excluding steroid dienone is 1. The molecule has 0 fully saturated rings. The zero-order valence-corrected chi connectivity index (χ0v) is 13.9. The van der Waals surface area contributed by atoms with Crippen molar-refractivity contribution in [2.45, 2.75) is 58.8 Å². The Balaban J connectivity index is 3.53. The second-order valence-electron chi connectivity index (χ2n) is 5.38. The van der Waals surface area contributed by atoms with Crippen molar-refractivity contribution < 1.29 is 9.90 Å². The summed E-state index contributed by atoms with van der Waals surface area (Å²) in [4.78, 5) is 13.8. The highest BCUT2D eigenvalue weighted by Gasteiger charge is 2.02. The Kier molecular flexibility index (Phi) is 14.9. The largest absolute Gasteiger partial charge is 0.396 e. The Morgan fingerprint density at radius 3 is 2.33 bits per heavy atom. The van der Waals surface area contributed by atoms with Gasteiger partial charge in [0.15, 0.2) is 0 Å². The lowest BCUT2D eigenvalue weighted by Gasteiger charge is -2.20. The summed E-state index contributed by atoms with van der Waals surface area (Å²) in [7, 11) is 0. The van der Waals surface area contributed by atoms with Crippen LogP contribution in [0.1, 0.15) is 58.8 Å². The van der Waals surface area contributed by atoms with Crippen molar-refractivity contribution in [2.75, 3.05) is 32.8 Å². The van der Waals surface area contributed by atoms with Crippen LogP contribution in [0.15, 0.2) is 12.2 Å². The zero-order valence-electron chi connectivity index (χ0n) is 13.9. The van der Waals surface area contributed by atoms with E-state index < -0.39 is 0 Å². The van der Waals surface area contributed by atoms with Crippen LogP contribution in [-0.2, 0) is 4.79 Å². The number of likely N-dealkylation sites (N-methyl/N-ethyl adjacent to an activating group) is 1. The molecule has 4 heteroatoms. The number of amides is 1. The van der Waals surface area contributed by atoms with Gasteiger partial charge in [-0.2, -0.15) is 0 Å². The third-order valence-electron chi connectivity index (χ3n) is 3.56. The van der Waals surface area contributed by atoms with Crippen molar-refractivity contribution >= 4 is 5.91 Å². The molecule has 0 saturated carbocycles. The van der Waals surface area contributed by atoms with Gasteiger partial charge in [0.2, 0.25) is 5.91 Å². The molecule has 0 aromatic carbocycles. The van der Waals surface area contributed by atoms with Crippen molar-refractivity contribution in [3.8, 4) is 0 Å². The van der Waals surface area contributed by atoms with Crippen LogP contribution in [-0.4, -0.2) is 48.7 Å². The SMILES string of the molecule is CC/C=C/C(=O)NCCN(CC)CCCCCCCCO. The van der Waals surface area contributed by atoms with E-state index in [4.69, 9.17) is 5.11 Å². The molecule has 1 amide bonds. The normalized spacial score (nSPS) is 11.4. The molecular weight excluding hydrogens is 264 g/mol. The Morgan fingerprint density at radius 2 is 1.71 bits per heavy atom. The molecule has 0 atom stereocenters. The Bertz CT molecular complexity index is 268. The minimum Gasteiger partial charge on any atom is -0.396 e. The van der Waals surface area contributed by atoms with Gasteiger partial charge in [0.05, 0.1) is 0 Å². The van der Waals surface area contributed by atoms with Crippen LogP contribution < -0.4 is 5.32 Å². The molecule has 0 unspecified atom stereocenters. The number of hydrogen-bond acceptors (Lipinski definition) is 3. The van der Waals surface area contributed by atoms with E-state index in [-0.39, 0.29) is 5.91 Å². The first-order valence-corrected chi connectivity index (χ1v) is 8.52. The van der Waals surface area contributed by atoms with Gasteiger partial charge in [-0.05, 0) is 38.4 Å². The maximum absolute atomic E-state index is 11.4. The fourth-order valence-corrected chi connectivity index (χ4v) is 2.20. The highest BCUT2D eigenvalue weighted by atomic mass is 16.2. The molecule has 0 heterocycles. The molecule has 0 bridgehead atoms. The number of nitrogens with one attached hydrogen (secondary N) is 1. The summed E-state index contributed by atoms with van der Waals surface area (Å²) in [6.45, 7) is 8.29. The molecular formula is C17H34N2O2. The molecule has 0 aliphatic carbocycles. The van der Waals surface area contributed by atoms with Crippen LogP contribution in [0.25, 0.3) is 0 Å². The summed E-state index contributed by atoms with van der Waals surface area (Å²) in [5, 5.41) is 11.6. The Labute approximate surface area is 130 Å². The van der Waals surface area contributed by atoms with Gasteiger partial charge in [-0.3, -0.25) is 4.79 Å². The monoisotopic (exact) mass is 298 g/mol. The number of rotatable bonds is 14. The molecule has 4 nitrogen and oxygen atoms in total. The second kappa shape index (κ2) is 15.5. The predicted molar refractivity (Wildman–Crippen MR) is 89.3 cm³/mol. The van der Waals surface area contributed by atoms with Crippen LogP contribution in [0.4, 0.5) is 0 Å². The van der Waals surface area contributed by atoms with Crippen LogP contribution in [0.3, 0.4) is 0 Å². The molecule has 21 heavy (non-hydrogen) atoms. The van der Waals surface area contributed by atoms with Crippen LogP contribution >= 0.6 is 0 Å². The van der Waals surface area contributed by atoms with Gasteiger partial charge in [-0.25, -0.2) is 0 Å². The molecule has 2 N–H and O–H groups in total. The molecule has 0 aliphatic rings. The summed E-state index contributed by atoms with van der Waals surface area (Å²) in [6, 6.07) is 0. The minimum atomic E-state index is 0.0109. The summed E-state index contributed by atoms with van der Waals surface area (Å²) >= 11 is 0. The van der Waals surface area contributed by atoms with Gasteiger partial charge in [0, 0.05) is 19.7 Å². The highest BCUT2D eigenvalue weighted by Crippen LogP contribution is 2.05. The number of carbonyl (C=O) groups is 1. The van der Waals surface area contributed by atoms with Crippen LogP contribution in [0.2, 0.25) is 0 Å². The maximum Gasteiger partial charge on any atom is 0.243 e. The molecule has 0 rings (SSSR count). The number of carbonyl (C=O) groups excluding carboxylic acids is 1. The first kappa shape index (κ1) is 20.1. The van der Waals surface area contributed by atoms with Gasteiger partial charge < -0.3 is 15.3 Å². The van der Waals surface area contributed by atoms with Crippen molar-refractivity contribution in [1.29, 1.82) is 0 Å². The number of aliphatic hydroxyl groups is 1. The van der Waals surface area contributed by atoms with Gasteiger partial charge in [-0.15, -0.1) is 0 Å². The fourth-order valence-electron chi connectivity index (χ4n) is 2.20. The Morgan fingerprint density at radius 1 is 1.05 bits per heavy atom. The van der Waals surface area contributed by atoms with E-state index in [1.165, 1.54) is 25.7 Å². The maximum atomic E-state index is 11.4. The fraction of sp³-hybridized carbons (Fsp3) is 0.824. The number of unbranched alkanes of at least 4 members (excludes halogenated alkanes) is 5. The van der Waals surface area contributed by atoms with E-state index in [9.17, 15) is 4.79 Å². The standard InChI is InChI=1S/C17H34N2O2/c1-3-5-12-17(21)18-13-15-19(4-2)14-10-8-6-7-9-11-16-20/h5,12,20H,3-4,6-11,13-16H2,1-2H3,(H,18,21)/b12-5+. The molecule has 0 aromatic heterocycles. The lowest BCUT2D eigenvalue weighted by Crippen LogP contribution is -2.34. The summed E-state index contributed by atoms with van der Waals surface area (Å²) in [5.74, 6) is 0.0109. The van der Waals surface area contributed by atoms with E-state index in [1.54, 1.807) is 6.08 Å². The van der Waals surface area contributed by atoms with E-state index in [2.05, 4.69) is 17.1 Å². The van der Waals surface area contributed by atoms with Gasteiger partial charge in [0.1, 0.15) is 0 Å². The lowest BCUT2D eigenvalue weighted by atomic mass is 10.1. The second-order valence-corrected chi connectivity index (χ2v) is 5.38. The Hall–Kier alpha value is -0.870. The average molecular weight is 298 g/mol. The first-order valence-electron chi connectivity index (χ1n) is 8.52. The molecule has 0 aromatic rings. The van der Waals surface area contributed by atoms with Crippen molar-refractivity contribution in [3.63, 3.8) is 0 Å². The average Bonchev–Trinajstić information content (AvgIpc) is 2.50. The van der Waals surface area contributed by atoms with Crippen molar-refractivity contribution in [3.05, 3.63) is 12.2 Å².